The topological polar surface area (TPSA) is 148 Å². The first kappa shape index (κ1) is 26.0. The highest BCUT2D eigenvalue weighted by Gasteiger charge is 2.22. The summed E-state index contributed by atoms with van der Waals surface area (Å²) in [6, 6.07) is 17.2. The van der Waals surface area contributed by atoms with E-state index in [1.165, 1.54) is 19.2 Å². The number of aliphatic hydroxyl groups is 1. The molecule has 10 heteroatoms. The summed E-state index contributed by atoms with van der Waals surface area (Å²) in [5.41, 5.74) is 8.34. The zero-order valence-corrected chi connectivity index (χ0v) is 20.2. The summed E-state index contributed by atoms with van der Waals surface area (Å²) in [5, 5.41) is 23.3. The van der Waals surface area contributed by atoms with Gasteiger partial charge in [-0.25, -0.2) is 13.2 Å². The first-order valence-electron chi connectivity index (χ1n) is 10.7. The van der Waals surface area contributed by atoms with Crippen molar-refractivity contribution in [3.8, 4) is 22.6 Å². The minimum Gasteiger partial charge on any atom is -0.507 e. The molecule has 186 valence electrons. The number of ether oxygens (including phenoxy) is 2. The minimum absolute atomic E-state index is 0.113. The van der Waals surface area contributed by atoms with Crippen molar-refractivity contribution in [2.75, 3.05) is 38.8 Å². The van der Waals surface area contributed by atoms with Crippen molar-refractivity contribution in [1.29, 1.82) is 0 Å². The summed E-state index contributed by atoms with van der Waals surface area (Å²) >= 11 is 0. The van der Waals surface area contributed by atoms with Crippen molar-refractivity contribution in [1.82, 2.24) is 5.32 Å². The molecule has 0 aliphatic rings. The molecule has 0 amide bonds. The number of carbonyl (C=O) groups is 1. The molecule has 9 nitrogen and oxygen atoms in total. The number of hydrogen-bond donors (Lipinski definition) is 4. The number of nitrogens with one attached hydrogen (secondary N) is 1. The Morgan fingerprint density at radius 3 is 2.20 bits per heavy atom. The number of carbonyl (C=O) groups excluding carboxylic acids is 1. The van der Waals surface area contributed by atoms with Crippen molar-refractivity contribution < 1.29 is 32.9 Å². The first-order chi connectivity index (χ1) is 16.6. The molecule has 0 heterocycles. The third-order valence-corrected chi connectivity index (χ3v) is 6.49. The van der Waals surface area contributed by atoms with Gasteiger partial charge in [0.25, 0.3) is 0 Å². The molecule has 35 heavy (non-hydrogen) atoms. The molecule has 0 radical (unpaired) electrons. The van der Waals surface area contributed by atoms with Crippen LogP contribution in [0.5, 0.6) is 11.5 Å². The maximum atomic E-state index is 11.9. The Balaban J connectivity index is 1.49. The molecule has 0 saturated heterocycles. The van der Waals surface area contributed by atoms with Gasteiger partial charge in [-0.15, -0.1) is 0 Å². The zero-order valence-electron chi connectivity index (χ0n) is 19.4. The van der Waals surface area contributed by atoms with Crippen LogP contribution in [0.1, 0.15) is 22.0 Å². The van der Waals surface area contributed by atoms with Gasteiger partial charge in [-0.3, -0.25) is 0 Å². The largest absolute Gasteiger partial charge is 0.507 e. The van der Waals surface area contributed by atoms with Gasteiger partial charge in [0.05, 0.1) is 24.5 Å². The van der Waals surface area contributed by atoms with Crippen LogP contribution in [0.15, 0.2) is 65.6 Å². The highest BCUT2D eigenvalue weighted by molar-refractivity contribution is 7.91. The predicted molar refractivity (Wildman–Crippen MR) is 132 cm³/mol. The maximum absolute atomic E-state index is 11.9. The zero-order chi connectivity index (χ0) is 25.6. The molecule has 1 atom stereocenters. The Bertz CT molecular complexity index is 1270. The molecule has 3 rings (SSSR count). The monoisotopic (exact) mass is 500 g/mol. The van der Waals surface area contributed by atoms with Crippen molar-refractivity contribution in [3.05, 3.63) is 71.8 Å². The molecule has 0 aliphatic carbocycles. The molecule has 0 spiro atoms. The van der Waals surface area contributed by atoms with Gasteiger partial charge in [0.2, 0.25) is 0 Å². The number of phenolic OH excluding ortho intramolecular Hbond substituents is 1. The Morgan fingerprint density at radius 2 is 1.63 bits per heavy atom. The highest BCUT2D eigenvalue weighted by atomic mass is 32.2. The fraction of sp³-hybridized carbons (Fsp3) is 0.240. The van der Waals surface area contributed by atoms with E-state index in [0.717, 1.165) is 17.4 Å². The molecule has 3 aromatic rings. The Morgan fingerprint density at radius 1 is 1.03 bits per heavy atom. The van der Waals surface area contributed by atoms with E-state index in [-0.39, 0.29) is 28.7 Å². The molecule has 0 unspecified atom stereocenters. The number of aliphatic hydroxyl groups excluding tert-OH is 1. The lowest BCUT2D eigenvalue weighted by Gasteiger charge is -2.17. The summed E-state index contributed by atoms with van der Waals surface area (Å²) < 4.78 is 34.1. The lowest BCUT2D eigenvalue weighted by Crippen LogP contribution is -2.26. The number of phenols is 1. The number of methoxy groups -OCH3 is 1. The third kappa shape index (κ3) is 6.50. The summed E-state index contributed by atoms with van der Waals surface area (Å²) in [6.07, 6.45) is -0.127. The summed E-state index contributed by atoms with van der Waals surface area (Å²) in [6.45, 7) is 0.867. The van der Waals surface area contributed by atoms with Crippen LogP contribution in [0, 0.1) is 0 Å². The molecule has 5 N–H and O–H groups in total. The van der Waals surface area contributed by atoms with Gasteiger partial charge in [0, 0.05) is 24.9 Å². The Hall–Kier alpha value is -3.60. The van der Waals surface area contributed by atoms with Gasteiger partial charge in [0.15, 0.2) is 9.84 Å². The van der Waals surface area contributed by atoms with Crippen LogP contribution < -0.4 is 15.8 Å². The number of nitrogens with two attached hydrogens (primary N) is 1. The third-order valence-electron chi connectivity index (χ3n) is 5.32. The van der Waals surface area contributed by atoms with E-state index in [1.807, 2.05) is 36.4 Å². The second-order valence-electron chi connectivity index (χ2n) is 7.85. The van der Waals surface area contributed by atoms with Crippen LogP contribution in [0.3, 0.4) is 0 Å². The van der Waals surface area contributed by atoms with E-state index >= 15 is 0 Å². The normalized spacial score (nSPS) is 12.2. The van der Waals surface area contributed by atoms with Crippen molar-refractivity contribution in [3.63, 3.8) is 0 Å². The number of nitrogen functional groups attached to an aromatic ring is 1. The number of esters is 1. The quantitative estimate of drug-likeness (QED) is 0.187. The highest BCUT2D eigenvalue weighted by Crippen LogP contribution is 2.34. The SMILES string of the molecule is COC(=O)c1ccc(-c2ccc(OCCNC[C@H](O)c3ccc(O)c(S(C)(=O)=O)c3N)cc2)cc1. The average molecular weight is 501 g/mol. The predicted octanol–water partition coefficient (Wildman–Crippen LogP) is 2.53. The summed E-state index contributed by atoms with van der Waals surface area (Å²) in [5.74, 6) is -0.166. The van der Waals surface area contributed by atoms with Crippen LogP contribution in [-0.4, -0.2) is 57.7 Å². The van der Waals surface area contributed by atoms with Gasteiger partial charge in [-0.1, -0.05) is 30.3 Å². The van der Waals surface area contributed by atoms with E-state index in [2.05, 4.69) is 5.32 Å². The number of sulfone groups is 1. The second kappa shape index (κ2) is 11.2. The molecular formula is C25H28N2O7S. The second-order valence-corrected chi connectivity index (χ2v) is 9.80. The minimum atomic E-state index is -3.75. The van der Waals surface area contributed by atoms with Gasteiger partial charge < -0.3 is 30.7 Å². The van der Waals surface area contributed by atoms with E-state index < -0.39 is 21.7 Å². The smallest absolute Gasteiger partial charge is 0.337 e. The molecule has 0 bridgehead atoms. The Labute approximate surface area is 204 Å². The molecule has 0 aromatic heterocycles. The van der Waals surface area contributed by atoms with Gasteiger partial charge in [-0.2, -0.15) is 0 Å². The van der Waals surface area contributed by atoms with E-state index in [0.29, 0.717) is 24.5 Å². The maximum Gasteiger partial charge on any atom is 0.337 e. The standard InChI is InChI=1S/C25H28N2O7S/c1-33-25(30)18-5-3-16(4-6-18)17-7-9-19(10-8-17)34-14-13-27-15-22(29)20-11-12-21(28)24(23(20)26)35(2,31)32/h3-12,22,27-29H,13-15,26H2,1-2H3/t22-/m0/s1. The van der Waals surface area contributed by atoms with Crippen molar-refractivity contribution in [2.45, 2.75) is 11.0 Å². The number of anilines is 1. The molecule has 0 saturated carbocycles. The van der Waals surface area contributed by atoms with E-state index in [9.17, 15) is 23.4 Å². The van der Waals surface area contributed by atoms with Crippen LogP contribution in [-0.2, 0) is 14.6 Å². The van der Waals surface area contributed by atoms with Gasteiger partial charge >= 0.3 is 5.97 Å². The molecule has 3 aromatic carbocycles. The van der Waals surface area contributed by atoms with Crippen LogP contribution in [0.25, 0.3) is 11.1 Å². The molecule has 0 aliphatic heterocycles. The average Bonchev–Trinajstić information content (AvgIpc) is 2.83. The van der Waals surface area contributed by atoms with Crippen LogP contribution >= 0.6 is 0 Å². The lowest BCUT2D eigenvalue weighted by molar-refractivity contribution is 0.0600. The summed E-state index contributed by atoms with van der Waals surface area (Å²) in [7, 11) is -2.41. The van der Waals surface area contributed by atoms with E-state index in [4.69, 9.17) is 15.2 Å². The van der Waals surface area contributed by atoms with Gasteiger partial charge in [0.1, 0.15) is 23.0 Å². The Kier molecular flexibility index (Phi) is 8.34. The van der Waals surface area contributed by atoms with Crippen molar-refractivity contribution >= 4 is 21.5 Å². The number of hydrogen-bond acceptors (Lipinski definition) is 9. The van der Waals surface area contributed by atoms with E-state index in [1.54, 1.807) is 12.1 Å². The number of aromatic hydroxyl groups is 1. The van der Waals surface area contributed by atoms with Crippen molar-refractivity contribution in [2.24, 2.45) is 0 Å². The fourth-order valence-corrected chi connectivity index (χ4v) is 4.50. The molecule has 0 fully saturated rings. The molecular weight excluding hydrogens is 472 g/mol. The summed E-state index contributed by atoms with van der Waals surface area (Å²) in [4.78, 5) is 11.2. The lowest BCUT2D eigenvalue weighted by atomic mass is 10.0. The van der Waals surface area contributed by atoms with Gasteiger partial charge in [-0.05, 0) is 41.5 Å². The van der Waals surface area contributed by atoms with Crippen LogP contribution in [0.4, 0.5) is 5.69 Å². The number of benzene rings is 3. The fourth-order valence-electron chi connectivity index (χ4n) is 3.53. The van der Waals surface area contributed by atoms with Crippen LogP contribution in [0.2, 0.25) is 0 Å². The number of rotatable bonds is 10. The first-order valence-corrected chi connectivity index (χ1v) is 12.6.